The molecule has 1 fully saturated rings. The highest BCUT2D eigenvalue weighted by atomic mass is 16.5. The van der Waals surface area contributed by atoms with E-state index in [1.54, 1.807) is 25.1 Å². The Hall–Kier alpha value is -4.16. The SMILES string of the molecule is CC(=O)NC(=O)NCC#Cc1ccc(C2(C=O)CC2)cc1.CNC.COc1ccc2c(c1)C(=O)N(C)C2. The molecule has 37 heavy (non-hydrogen) atoms. The number of imide groups is 1. The van der Waals surface area contributed by atoms with Crippen LogP contribution in [0.2, 0.25) is 0 Å². The van der Waals surface area contributed by atoms with E-state index in [4.69, 9.17) is 4.74 Å². The number of hydrogen-bond acceptors (Lipinski definition) is 6. The summed E-state index contributed by atoms with van der Waals surface area (Å²) in [6.45, 7) is 2.12. The van der Waals surface area contributed by atoms with Crippen LogP contribution in [0.5, 0.6) is 5.75 Å². The van der Waals surface area contributed by atoms with Crippen molar-refractivity contribution in [3.8, 4) is 17.6 Å². The minimum Gasteiger partial charge on any atom is -0.497 e. The molecular weight excluding hydrogens is 472 g/mol. The second-order valence-electron chi connectivity index (χ2n) is 8.70. The Morgan fingerprint density at radius 2 is 1.78 bits per heavy atom. The molecule has 196 valence electrons. The quantitative estimate of drug-likeness (QED) is 0.433. The predicted molar refractivity (Wildman–Crippen MR) is 141 cm³/mol. The molecule has 3 N–H and O–H groups in total. The molecule has 0 unspecified atom stereocenters. The third-order valence-corrected chi connectivity index (χ3v) is 5.64. The highest BCUT2D eigenvalue weighted by molar-refractivity contribution is 5.98. The lowest BCUT2D eigenvalue weighted by atomic mass is 9.97. The van der Waals surface area contributed by atoms with Gasteiger partial charge in [-0.05, 0) is 62.3 Å². The summed E-state index contributed by atoms with van der Waals surface area (Å²) in [7, 11) is 7.15. The average molecular weight is 507 g/mol. The summed E-state index contributed by atoms with van der Waals surface area (Å²) in [5.74, 6) is 6.10. The zero-order valence-electron chi connectivity index (χ0n) is 21.9. The highest BCUT2D eigenvalue weighted by Gasteiger charge is 2.44. The third kappa shape index (κ3) is 8.47. The molecule has 0 aromatic heterocycles. The number of rotatable bonds is 4. The largest absolute Gasteiger partial charge is 0.497 e. The molecule has 0 atom stereocenters. The van der Waals surface area contributed by atoms with Crippen molar-refractivity contribution < 1.29 is 23.9 Å². The van der Waals surface area contributed by atoms with Gasteiger partial charge in [-0.25, -0.2) is 4.79 Å². The molecule has 1 aliphatic carbocycles. The number of fused-ring (bicyclic) bond motifs is 1. The number of carbonyl (C=O) groups is 4. The van der Waals surface area contributed by atoms with Crippen molar-refractivity contribution in [1.82, 2.24) is 20.9 Å². The van der Waals surface area contributed by atoms with Crippen molar-refractivity contribution in [2.75, 3.05) is 34.8 Å². The average Bonchev–Trinajstić information content (AvgIpc) is 3.63. The number of carbonyl (C=O) groups excluding carboxylic acids is 4. The summed E-state index contributed by atoms with van der Waals surface area (Å²) in [4.78, 5) is 46.0. The molecule has 9 heteroatoms. The van der Waals surface area contributed by atoms with Crippen LogP contribution < -0.4 is 20.7 Å². The first kappa shape index (κ1) is 29.1. The van der Waals surface area contributed by atoms with E-state index in [1.807, 2.05) is 50.5 Å². The van der Waals surface area contributed by atoms with Crippen molar-refractivity contribution in [3.05, 3.63) is 64.7 Å². The van der Waals surface area contributed by atoms with Crippen molar-refractivity contribution >= 4 is 24.1 Å². The van der Waals surface area contributed by atoms with Gasteiger partial charge in [-0.3, -0.25) is 14.9 Å². The number of aldehydes is 1. The fourth-order valence-electron chi connectivity index (χ4n) is 3.52. The van der Waals surface area contributed by atoms with Crippen LogP contribution in [0, 0.1) is 11.8 Å². The minimum absolute atomic E-state index is 0.0777. The molecule has 2 aromatic rings. The lowest BCUT2D eigenvalue weighted by Gasteiger charge is -2.06. The maximum Gasteiger partial charge on any atom is 0.322 e. The molecule has 2 aliphatic rings. The van der Waals surface area contributed by atoms with Crippen LogP contribution in [0.4, 0.5) is 4.79 Å². The summed E-state index contributed by atoms with van der Waals surface area (Å²) < 4.78 is 5.05. The zero-order chi connectivity index (χ0) is 27.4. The van der Waals surface area contributed by atoms with Crippen LogP contribution in [0.1, 0.15) is 46.8 Å². The van der Waals surface area contributed by atoms with E-state index in [-0.39, 0.29) is 17.9 Å². The van der Waals surface area contributed by atoms with Crippen molar-refractivity contribution in [3.63, 3.8) is 0 Å². The molecule has 0 bridgehead atoms. The first-order chi connectivity index (χ1) is 17.7. The van der Waals surface area contributed by atoms with Gasteiger partial charge < -0.3 is 25.1 Å². The van der Waals surface area contributed by atoms with Gasteiger partial charge in [-0.1, -0.05) is 30.0 Å². The smallest absolute Gasteiger partial charge is 0.322 e. The van der Waals surface area contributed by atoms with E-state index >= 15 is 0 Å². The highest BCUT2D eigenvalue weighted by Crippen LogP contribution is 2.46. The molecule has 9 nitrogen and oxygen atoms in total. The Balaban J connectivity index is 0.000000256. The first-order valence-corrected chi connectivity index (χ1v) is 11.8. The molecule has 1 heterocycles. The molecule has 1 aliphatic heterocycles. The molecule has 4 amide bonds. The van der Waals surface area contributed by atoms with E-state index in [0.717, 1.165) is 47.1 Å². The first-order valence-electron chi connectivity index (χ1n) is 11.8. The van der Waals surface area contributed by atoms with Gasteiger partial charge in [0, 0.05) is 31.6 Å². The molecule has 2 aromatic carbocycles. The van der Waals surface area contributed by atoms with Gasteiger partial charge in [0.05, 0.1) is 19.1 Å². The summed E-state index contributed by atoms with van der Waals surface area (Å²) >= 11 is 0. The number of urea groups is 1. The topological polar surface area (TPSA) is 117 Å². The predicted octanol–water partition coefficient (Wildman–Crippen LogP) is 2.23. The van der Waals surface area contributed by atoms with E-state index < -0.39 is 11.9 Å². The molecule has 0 radical (unpaired) electrons. The van der Waals surface area contributed by atoms with Crippen LogP contribution in [0.25, 0.3) is 0 Å². The number of benzene rings is 2. The Labute approximate surface area is 217 Å². The van der Waals surface area contributed by atoms with Crippen molar-refractivity contribution in [1.29, 1.82) is 0 Å². The second kappa shape index (κ2) is 13.8. The summed E-state index contributed by atoms with van der Waals surface area (Å²) in [5, 5.41) is 7.29. The fourth-order valence-corrected chi connectivity index (χ4v) is 3.52. The monoisotopic (exact) mass is 506 g/mol. The molecule has 0 spiro atoms. The number of nitrogens with zero attached hydrogens (tertiary/aromatic N) is 1. The minimum atomic E-state index is -0.561. The van der Waals surface area contributed by atoms with E-state index in [0.29, 0.717) is 6.54 Å². The lowest BCUT2D eigenvalue weighted by molar-refractivity contribution is -0.118. The van der Waals surface area contributed by atoms with Gasteiger partial charge in [0.1, 0.15) is 12.0 Å². The molecule has 1 saturated carbocycles. The molecule has 4 rings (SSSR count). The van der Waals surface area contributed by atoms with Gasteiger partial charge in [-0.2, -0.15) is 0 Å². The van der Waals surface area contributed by atoms with Gasteiger partial charge in [0.25, 0.3) is 5.91 Å². The van der Waals surface area contributed by atoms with Gasteiger partial charge >= 0.3 is 6.03 Å². The maximum absolute atomic E-state index is 11.5. The summed E-state index contributed by atoms with van der Waals surface area (Å²) in [6.07, 6.45) is 2.85. The summed E-state index contributed by atoms with van der Waals surface area (Å²) in [6, 6.07) is 12.6. The van der Waals surface area contributed by atoms with Crippen LogP contribution in [-0.4, -0.2) is 63.8 Å². The third-order valence-electron chi connectivity index (χ3n) is 5.64. The Morgan fingerprint density at radius 1 is 1.14 bits per heavy atom. The lowest BCUT2D eigenvalue weighted by Crippen LogP contribution is -2.38. The number of methoxy groups -OCH3 is 1. The Morgan fingerprint density at radius 3 is 2.32 bits per heavy atom. The van der Waals surface area contributed by atoms with Gasteiger partial charge in [0.15, 0.2) is 0 Å². The van der Waals surface area contributed by atoms with E-state index in [2.05, 4.69) is 27.8 Å². The maximum atomic E-state index is 11.5. The number of nitrogens with one attached hydrogen (secondary N) is 3. The normalized spacial score (nSPS) is 13.8. The molecular formula is C28H34N4O5. The zero-order valence-corrected chi connectivity index (χ0v) is 21.9. The number of ether oxygens (including phenoxy) is 1. The Bertz CT molecular complexity index is 1180. The summed E-state index contributed by atoms with van der Waals surface area (Å²) in [5.41, 5.74) is 3.42. The van der Waals surface area contributed by atoms with E-state index in [1.165, 1.54) is 6.92 Å². The van der Waals surface area contributed by atoms with Crippen LogP contribution in [0.15, 0.2) is 42.5 Å². The van der Waals surface area contributed by atoms with E-state index in [9.17, 15) is 19.2 Å². The fraction of sp³-hybridized carbons (Fsp3) is 0.357. The Kier molecular flexibility index (Phi) is 10.8. The number of hydrogen-bond donors (Lipinski definition) is 3. The van der Waals surface area contributed by atoms with Crippen LogP contribution in [0.3, 0.4) is 0 Å². The number of amides is 4. The van der Waals surface area contributed by atoms with Crippen LogP contribution in [-0.2, 0) is 21.5 Å². The van der Waals surface area contributed by atoms with Gasteiger partial charge in [-0.15, -0.1) is 0 Å². The van der Waals surface area contributed by atoms with Crippen molar-refractivity contribution in [2.24, 2.45) is 0 Å². The van der Waals surface area contributed by atoms with Crippen LogP contribution >= 0.6 is 0 Å². The van der Waals surface area contributed by atoms with Gasteiger partial charge in [0.2, 0.25) is 5.91 Å². The van der Waals surface area contributed by atoms with Crippen molar-refractivity contribution in [2.45, 2.75) is 31.7 Å². The second-order valence-corrected chi connectivity index (χ2v) is 8.70. The standard InChI is InChI=1S/C16H16N2O3.C10H11NO2.C2H7N/c1-12(20)18-15(21)17-10-2-3-13-4-6-14(7-5-13)16(11-19)8-9-16;1-11-6-7-3-4-8(13-2)5-9(7)10(11)12;1-3-2/h4-7,11H,8-10H2,1H3,(H2,17,18,20,21);3-5H,6H2,1-2H3;3H,1-2H3. The molecule has 0 saturated heterocycles.